The fraction of sp³-hybridized carbons (Fsp3) is 0.538. The molecule has 0 heterocycles. The molecule has 0 radical (unpaired) electrons. The predicted octanol–water partition coefficient (Wildman–Crippen LogP) is 4.64. The molecule has 0 amide bonds. The van der Waals surface area contributed by atoms with E-state index < -0.39 is 0 Å². The Morgan fingerprint density at radius 2 is 2.00 bits per heavy atom. The molecule has 0 saturated heterocycles. The summed E-state index contributed by atoms with van der Waals surface area (Å²) in [5.74, 6) is 0.961. The van der Waals surface area contributed by atoms with Crippen LogP contribution in [0.25, 0.3) is 0 Å². The molecule has 5 heteroatoms. The normalized spacial score (nSPS) is 17.8. The summed E-state index contributed by atoms with van der Waals surface area (Å²) in [4.78, 5) is 11.4. The second-order valence-corrected chi connectivity index (χ2v) is 6.43. The van der Waals surface area contributed by atoms with Gasteiger partial charge in [-0.25, -0.2) is 0 Å². The van der Waals surface area contributed by atoms with E-state index in [0.29, 0.717) is 5.41 Å². The van der Waals surface area contributed by atoms with E-state index >= 15 is 0 Å². The van der Waals surface area contributed by atoms with Gasteiger partial charge in [-0.05, 0) is 24.3 Å². The number of nitro benzene ring substituents is 1. The molecule has 98 valence electrons. The standard InChI is InChI=1S/C13H16BrNO2S/c14-9-13(7-3-4-8-13)10-18-12-6-2-1-5-11(12)15(16)17/h1-2,5-6H,3-4,7-10H2. The first-order valence-electron chi connectivity index (χ1n) is 6.09. The second-order valence-electron chi connectivity index (χ2n) is 4.85. The van der Waals surface area contributed by atoms with Crippen molar-refractivity contribution in [3.8, 4) is 0 Å². The third-order valence-corrected chi connectivity index (χ3v) is 6.15. The minimum Gasteiger partial charge on any atom is -0.258 e. The van der Waals surface area contributed by atoms with Crippen molar-refractivity contribution in [1.29, 1.82) is 0 Å². The molecule has 3 nitrogen and oxygen atoms in total. The molecular weight excluding hydrogens is 314 g/mol. The number of nitrogens with zero attached hydrogens (tertiary/aromatic N) is 1. The van der Waals surface area contributed by atoms with Gasteiger partial charge in [0.05, 0.1) is 9.82 Å². The average molecular weight is 330 g/mol. The average Bonchev–Trinajstić information content (AvgIpc) is 2.86. The van der Waals surface area contributed by atoms with Crippen LogP contribution in [0, 0.1) is 15.5 Å². The van der Waals surface area contributed by atoms with Crippen molar-refractivity contribution in [2.45, 2.75) is 30.6 Å². The molecule has 0 N–H and O–H groups in total. The summed E-state index contributed by atoms with van der Waals surface area (Å²) in [6.07, 6.45) is 5.02. The Morgan fingerprint density at radius 1 is 1.33 bits per heavy atom. The molecule has 2 rings (SSSR count). The van der Waals surface area contributed by atoms with E-state index in [4.69, 9.17) is 0 Å². The van der Waals surface area contributed by atoms with Gasteiger partial charge in [-0.2, -0.15) is 0 Å². The van der Waals surface area contributed by atoms with Gasteiger partial charge in [0.25, 0.3) is 5.69 Å². The summed E-state index contributed by atoms with van der Waals surface area (Å²) in [7, 11) is 0. The Kier molecular flexibility index (Phi) is 4.67. The maximum Gasteiger partial charge on any atom is 0.282 e. The zero-order valence-electron chi connectivity index (χ0n) is 10.1. The molecule has 1 fully saturated rings. The van der Waals surface area contributed by atoms with E-state index in [-0.39, 0.29) is 10.6 Å². The van der Waals surface area contributed by atoms with E-state index in [9.17, 15) is 10.1 Å². The number of rotatable bonds is 5. The summed E-state index contributed by atoms with van der Waals surface area (Å²) in [5, 5.41) is 11.9. The molecule has 0 spiro atoms. The van der Waals surface area contributed by atoms with Gasteiger partial charge in [0.1, 0.15) is 0 Å². The van der Waals surface area contributed by atoms with Gasteiger partial charge >= 0.3 is 0 Å². The zero-order valence-corrected chi connectivity index (χ0v) is 12.5. The third-order valence-electron chi connectivity index (χ3n) is 3.54. The lowest BCUT2D eigenvalue weighted by Crippen LogP contribution is -2.21. The molecule has 1 aliphatic rings. The van der Waals surface area contributed by atoms with E-state index in [2.05, 4.69) is 15.9 Å². The van der Waals surface area contributed by atoms with Gasteiger partial charge in [-0.15, -0.1) is 11.8 Å². The molecule has 0 atom stereocenters. The van der Waals surface area contributed by atoms with E-state index in [1.807, 2.05) is 12.1 Å². The van der Waals surface area contributed by atoms with Gasteiger partial charge in [0, 0.05) is 17.1 Å². The van der Waals surface area contributed by atoms with Gasteiger partial charge in [0.2, 0.25) is 0 Å². The van der Waals surface area contributed by atoms with E-state index in [0.717, 1.165) is 16.0 Å². The van der Waals surface area contributed by atoms with Crippen LogP contribution in [0.1, 0.15) is 25.7 Å². The summed E-state index contributed by atoms with van der Waals surface area (Å²) < 4.78 is 0. The Hall–Kier alpha value is -0.550. The number of benzene rings is 1. The largest absolute Gasteiger partial charge is 0.282 e. The Balaban J connectivity index is 2.08. The van der Waals surface area contributed by atoms with Gasteiger partial charge < -0.3 is 0 Å². The Bertz CT molecular complexity index is 433. The zero-order chi connectivity index (χ0) is 13.0. The Labute approximate surface area is 120 Å². The van der Waals surface area contributed by atoms with Crippen LogP contribution in [0.4, 0.5) is 5.69 Å². The maximum absolute atomic E-state index is 11.0. The first kappa shape index (κ1) is 13.9. The second kappa shape index (κ2) is 6.06. The number of alkyl halides is 1. The smallest absolute Gasteiger partial charge is 0.258 e. The first-order valence-corrected chi connectivity index (χ1v) is 8.20. The third kappa shape index (κ3) is 3.06. The van der Waals surface area contributed by atoms with Crippen LogP contribution in [0.15, 0.2) is 29.2 Å². The summed E-state index contributed by atoms with van der Waals surface area (Å²) >= 11 is 5.23. The van der Waals surface area contributed by atoms with Crippen molar-refractivity contribution >= 4 is 33.4 Å². The molecule has 1 aromatic carbocycles. The molecule has 0 bridgehead atoms. The highest BCUT2D eigenvalue weighted by molar-refractivity contribution is 9.09. The SMILES string of the molecule is O=[N+]([O-])c1ccccc1SCC1(CBr)CCCC1. The fourth-order valence-electron chi connectivity index (χ4n) is 2.40. The number of halogens is 1. The van der Waals surface area contributed by atoms with E-state index in [1.54, 1.807) is 23.9 Å². The minimum atomic E-state index is -0.294. The summed E-state index contributed by atoms with van der Waals surface area (Å²) in [6, 6.07) is 7.01. The lowest BCUT2D eigenvalue weighted by Gasteiger charge is -2.25. The molecule has 1 aromatic rings. The maximum atomic E-state index is 11.0. The number of para-hydroxylation sites is 1. The quantitative estimate of drug-likeness (QED) is 0.342. The number of nitro groups is 1. The molecule has 0 unspecified atom stereocenters. The van der Waals surface area contributed by atoms with Crippen molar-refractivity contribution in [3.63, 3.8) is 0 Å². The fourth-order valence-corrected chi connectivity index (χ4v) is 4.74. The van der Waals surface area contributed by atoms with Crippen LogP contribution in [0.5, 0.6) is 0 Å². The van der Waals surface area contributed by atoms with Crippen molar-refractivity contribution in [1.82, 2.24) is 0 Å². The van der Waals surface area contributed by atoms with Crippen LogP contribution in [-0.2, 0) is 0 Å². The van der Waals surface area contributed by atoms with Crippen molar-refractivity contribution in [2.75, 3.05) is 11.1 Å². The van der Waals surface area contributed by atoms with Crippen molar-refractivity contribution in [3.05, 3.63) is 34.4 Å². The number of hydrogen-bond donors (Lipinski definition) is 0. The number of thioether (sulfide) groups is 1. The van der Waals surface area contributed by atoms with Crippen LogP contribution < -0.4 is 0 Å². The van der Waals surface area contributed by atoms with Crippen LogP contribution >= 0.6 is 27.7 Å². The molecular formula is C13H16BrNO2S. The Morgan fingerprint density at radius 3 is 2.61 bits per heavy atom. The lowest BCUT2D eigenvalue weighted by atomic mass is 9.92. The highest BCUT2D eigenvalue weighted by Crippen LogP contribution is 2.44. The highest BCUT2D eigenvalue weighted by atomic mass is 79.9. The highest BCUT2D eigenvalue weighted by Gasteiger charge is 2.33. The topological polar surface area (TPSA) is 43.1 Å². The molecule has 0 aliphatic heterocycles. The predicted molar refractivity (Wildman–Crippen MR) is 78.5 cm³/mol. The van der Waals surface area contributed by atoms with Gasteiger partial charge in [0.15, 0.2) is 0 Å². The van der Waals surface area contributed by atoms with Crippen molar-refractivity contribution in [2.24, 2.45) is 5.41 Å². The number of hydrogen-bond acceptors (Lipinski definition) is 3. The van der Waals surface area contributed by atoms with Gasteiger partial charge in [-0.1, -0.05) is 40.9 Å². The van der Waals surface area contributed by atoms with Crippen LogP contribution in [0.3, 0.4) is 0 Å². The molecule has 1 aliphatic carbocycles. The molecule has 0 aromatic heterocycles. The van der Waals surface area contributed by atoms with Crippen molar-refractivity contribution < 1.29 is 4.92 Å². The molecule has 1 saturated carbocycles. The van der Waals surface area contributed by atoms with Crippen LogP contribution in [0.2, 0.25) is 0 Å². The van der Waals surface area contributed by atoms with E-state index in [1.165, 1.54) is 25.7 Å². The monoisotopic (exact) mass is 329 g/mol. The first-order chi connectivity index (χ1) is 8.67. The van der Waals surface area contributed by atoms with Crippen LogP contribution in [-0.4, -0.2) is 16.0 Å². The summed E-state index contributed by atoms with van der Waals surface area (Å²) in [6.45, 7) is 0. The molecule has 18 heavy (non-hydrogen) atoms. The minimum absolute atomic E-state index is 0.227. The lowest BCUT2D eigenvalue weighted by molar-refractivity contribution is -0.387. The van der Waals surface area contributed by atoms with Gasteiger partial charge in [-0.3, -0.25) is 10.1 Å². The summed E-state index contributed by atoms with van der Waals surface area (Å²) in [5.41, 5.74) is 0.555.